The standard InChI is InChI=1S/C21H21N5O3S/c1-14-5-4-10-22-20(14)24-21(27)19-17-12-25(11-15-8-9-15)30(28,29)18-7-3-2-6-16(18)26(17)13-23-19/h2-7,10,13,15H,8-9,11-12H2,1H3,(H,22,24,27). The minimum absolute atomic E-state index is 0.0947. The van der Waals surface area contributed by atoms with Crippen LogP contribution in [0.2, 0.25) is 0 Å². The van der Waals surface area contributed by atoms with Crippen LogP contribution in [-0.2, 0) is 16.6 Å². The zero-order valence-electron chi connectivity index (χ0n) is 16.4. The second kappa shape index (κ2) is 7.03. The Morgan fingerprint density at radius 1 is 1.17 bits per heavy atom. The van der Waals surface area contributed by atoms with E-state index in [9.17, 15) is 13.2 Å². The summed E-state index contributed by atoms with van der Waals surface area (Å²) in [6.07, 6.45) is 5.18. The second-order valence-corrected chi connectivity index (χ2v) is 9.65. The summed E-state index contributed by atoms with van der Waals surface area (Å²) in [4.78, 5) is 21.8. The molecule has 0 atom stereocenters. The van der Waals surface area contributed by atoms with Crippen molar-refractivity contribution in [3.05, 3.63) is 65.9 Å². The molecule has 0 saturated heterocycles. The zero-order chi connectivity index (χ0) is 20.9. The van der Waals surface area contributed by atoms with Gasteiger partial charge in [0, 0.05) is 12.7 Å². The summed E-state index contributed by atoms with van der Waals surface area (Å²) >= 11 is 0. The van der Waals surface area contributed by atoms with Gasteiger partial charge in [-0.05, 0) is 49.4 Å². The smallest absolute Gasteiger partial charge is 0.277 e. The van der Waals surface area contributed by atoms with Crippen LogP contribution >= 0.6 is 0 Å². The zero-order valence-corrected chi connectivity index (χ0v) is 17.3. The van der Waals surface area contributed by atoms with Crippen molar-refractivity contribution in [1.29, 1.82) is 0 Å². The topological polar surface area (TPSA) is 97.2 Å². The van der Waals surface area contributed by atoms with Crippen molar-refractivity contribution in [2.45, 2.75) is 31.2 Å². The first-order valence-corrected chi connectivity index (χ1v) is 11.3. The maximum absolute atomic E-state index is 13.4. The van der Waals surface area contributed by atoms with Crippen LogP contribution in [0.4, 0.5) is 5.82 Å². The van der Waals surface area contributed by atoms with Crippen LogP contribution in [0.5, 0.6) is 0 Å². The van der Waals surface area contributed by atoms with E-state index in [1.54, 1.807) is 41.1 Å². The van der Waals surface area contributed by atoms with Crippen molar-refractivity contribution >= 4 is 21.7 Å². The highest BCUT2D eigenvalue weighted by Gasteiger charge is 2.37. The molecule has 1 saturated carbocycles. The van der Waals surface area contributed by atoms with E-state index in [4.69, 9.17) is 0 Å². The number of nitrogens with zero attached hydrogens (tertiary/aromatic N) is 4. The molecule has 30 heavy (non-hydrogen) atoms. The Kier molecular flexibility index (Phi) is 4.44. The van der Waals surface area contributed by atoms with Crippen molar-refractivity contribution in [1.82, 2.24) is 18.8 Å². The van der Waals surface area contributed by atoms with Gasteiger partial charge in [0.1, 0.15) is 17.0 Å². The molecule has 1 aromatic carbocycles. The molecule has 2 aliphatic rings. The van der Waals surface area contributed by atoms with E-state index < -0.39 is 15.9 Å². The lowest BCUT2D eigenvalue weighted by molar-refractivity contribution is 0.102. The predicted molar refractivity (Wildman–Crippen MR) is 111 cm³/mol. The summed E-state index contributed by atoms with van der Waals surface area (Å²) in [5, 5.41) is 2.80. The number of rotatable bonds is 4. The van der Waals surface area contributed by atoms with Crippen LogP contribution in [0.25, 0.3) is 5.69 Å². The molecule has 3 heterocycles. The molecule has 0 bridgehead atoms. The number of imidazole rings is 1. The molecule has 8 nitrogen and oxygen atoms in total. The van der Waals surface area contributed by atoms with E-state index in [0.29, 0.717) is 29.7 Å². The van der Waals surface area contributed by atoms with Gasteiger partial charge in [0.2, 0.25) is 10.0 Å². The van der Waals surface area contributed by atoms with Crippen molar-refractivity contribution in [3.8, 4) is 5.69 Å². The first kappa shape index (κ1) is 19.0. The lowest BCUT2D eigenvalue weighted by Crippen LogP contribution is -2.32. The average molecular weight is 423 g/mol. The van der Waals surface area contributed by atoms with Gasteiger partial charge >= 0.3 is 0 Å². The van der Waals surface area contributed by atoms with Crippen molar-refractivity contribution in [2.24, 2.45) is 5.92 Å². The number of carbonyl (C=O) groups is 1. The van der Waals surface area contributed by atoms with Crippen LogP contribution in [0.15, 0.2) is 53.8 Å². The lowest BCUT2D eigenvalue weighted by Gasteiger charge is -2.20. The minimum Gasteiger partial charge on any atom is -0.305 e. The van der Waals surface area contributed by atoms with E-state index in [1.807, 2.05) is 13.0 Å². The van der Waals surface area contributed by atoms with Crippen molar-refractivity contribution in [2.75, 3.05) is 11.9 Å². The van der Waals surface area contributed by atoms with E-state index in [0.717, 1.165) is 18.4 Å². The largest absolute Gasteiger partial charge is 0.305 e. The number of aryl methyl sites for hydroxylation is 1. The molecule has 1 aliphatic carbocycles. The molecule has 0 spiro atoms. The monoisotopic (exact) mass is 423 g/mol. The van der Waals surface area contributed by atoms with Gasteiger partial charge in [0.15, 0.2) is 5.69 Å². The normalized spacial score (nSPS) is 17.6. The van der Waals surface area contributed by atoms with Gasteiger partial charge in [-0.3, -0.25) is 9.36 Å². The fourth-order valence-corrected chi connectivity index (χ4v) is 5.38. The highest BCUT2D eigenvalue weighted by atomic mass is 32.2. The maximum atomic E-state index is 13.4. The van der Waals surface area contributed by atoms with E-state index in [1.165, 1.54) is 10.6 Å². The molecule has 0 unspecified atom stereocenters. The average Bonchev–Trinajstić information content (AvgIpc) is 3.47. The first-order chi connectivity index (χ1) is 14.4. The quantitative estimate of drug-likeness (QED) is 0.696. The van der Waals surface area contributed by atoms with Gasteiger partial charge in [0.25, 0.3) is 5.91 Å². The number of hydrogen-bond acceptors (Lipinski definition) is 5. The third kappa shape index (κ3) is 3.20. The SMILES string of the molecule is Cc1cccnc1NC(=O)c1ncn2c1CN(CC1CC1)S(=O)(=O)c1ccccc1-2. The number of fused-ring (bicyclic) bond motifs is 3. The molecule has 0 radical (unpaired) electrons. The summed E-state index contributed by atoms with van der Waals surface area (Å²) in [6, 6.07) is 10.5. The summed E-state index contributed by atoms with van der Waals surface area (Å²) in [5.74, 6) is 0.421. The molecule has 9 heteroatoms. The molecule has 5 rings (SSSR count). The number of nitrogens with one attached hydrogen (secondary N) is 1. The molecule has 2 aromatic heterocycles. The molecule has 1 amide bonds. The third-order valence-corrected chi connectivity index (χ3v) is 7.41. The number of benzene rings is 1. The Bertz CT molecular complexity index is 1250. The number of pyridine rings is 1. The van der Waals surface area contributed by atoms with Gasteiger partial charge < -0.3 is 5.32 Å². The Balaban J connectivity index is 1.59. The summed E-state index contributed by atoms with van der Waals surface area (Å²) in [7, 11) is -3.68. The lowest BCUT2D eigenvalue weighted by atomic mass is 10.2. The second-order valence-electron chi connectivity index (χ2n) is 7.74. The molecular weight excluding hydrogens is 402 g/mol. The third-order valence-electron chi connectivity index (χ3n) is 5.55. The highest BCUT2D eigenvalue weighted by molar-refractivity contribution is 7.89. The number of carbonyl (C=O) groups excluding carboxylic acids is 1. The Hall–Kier alpha value is -3.04. The van der Waals surface area contributed by atoms with E-state index >= 15 is 0 Å². The number of anilines is 1. The molecule has 154 valence electrons. The number of aromatic nitrogens is 3. The van der Waals surface area contributed by atoms with Crippen molar-refractivity contribution in [3.63, 3.8) is 0 Å². The highest BCUT2D eigenvalue weighted by Crippen LogP contribution is 2.36. The minimum atomic E-state index is -3.68. The fourth-order valence-electron chi connectivity index (χ4n) is 3.72. The number of sulfonamides is 1. The van der Waals surface area contributed by atoms with Crippen LogP contribution in [0.1, 0.15) is 34.6 Å². The van der Waals surface area contributed by atoms with E-state index in [-0.39, 0.29) is 17.1 Å². The molecule has 1 aliphatic heterocycles. The predicted octanol–water partition coefficient (Wildman–Crippen LogP) is 2.74. The van der Waals surface area contributed by atoms with Crippen LogP contribution in [0, 0.1) is 12.8 Å². The maximum Gasteiger partial charge on any atom is 0.277 e. The molecule has 1 N–H and O–H groups in total. The summed E-state index contributed by atoms with van der Waals surface area (Å²) in [6.45, 7) is 2.40. The molecule has 3 aromatic rings. The van der Waals surface area contributed by atoms with Gasteiger partial charge in [-0.15, -0.1) is 0 Å². The van der Waals surface area contributed by atoms with Crippen LogP contribution in [-0.4, -0.2) is 39.7 Å². The van der Waals surface area contributed by atoms with Crippen molar-refractivity contribution < 1.29 is 13.2 Å². The van der Waals surface area contributed by atoms with Gasteiger partial charge in [-0.2, -0.15) is 4.31 Å². The van der Waals surface area contributed by atoms with Crippen LogP contribution in [0.3, 0.4) is 0 Å². The van der Waals surface area contributed by atoms with Gasteiger partial charge in [-0.1, -0.05) is 18.2 Å². The Morgan fingerprint density at radius 3 is 2.73 bits per heavy atom. The summed E-state index contributed by atoms with van der Waals surface area (Å²) < 4.78 is 29.9. The van der Waals surface area contributed by atoms with Gasteiger partial charge in [-0.25, -0.2) is 18.4 Å². The Morgan fingerprint density at radius 2 is 1.97 bits per heavy atom. The first-order valence-electron chi connectivity index (χ1n) is 9.84. The molecular formula is C21H21N5O3S. The van der Waals surface area contributed by atoms with E-state index in [2.05, 4.69) is 15.3 Å². The van der Waals surface area contributed by atoms with Gasteiger partial charge in [0.05, 0.1) is 17.9 Å². The molecule has 1 fully saturated rings. The fraction of sp³-hybridized carbons (Fsp3) is 0.286. The number of para-hydroxylation sites is 1. The number of hydrogen-bond donors (Lipinski definition) is 1. The summed E-state index contributed by atoms with van der Waals surface area (Å²) in [5.41, 5.74) is 2.09. The number of amides is 1. The Labute approximate surface area is 174 Å². The van der Waals surface area contributed by atoms with Crippen LogP contribution < -0.4 is 5.32 Å².